The van der Waals surface area contributed by atoms with E-state index in [-0.39, 0.29) is 12.3 Å². The van der Waals surface area contributed by atoms with Crippen LogP contribution in [0.25, 0.3) is 0 Å². The van der Waals surface area contributed by atoms with Crippen molar-refractivity contribution < 1.29 is 28.6 Å². The molecule has 0 amide bonds. The van der Waals surface area contributed by atoms with Crippen molar-refractivity contribution in [1.82, 2.24) is 0 Å². The lowest BCUT2D eigenvalue weighted by Gasteiger charge is -2.28. The molecule has 0 saturated heterocycles. The molecule has 0 saturated carbocycles. The van der Waals surface area contributed by atoms with Crippen molar-refractivity contribution in [2.24, 2.45) is 11.8 Å². The second-order valence-corrected chi connectivity index (χ2v) is 8.31. The van der Waals surface area contributed by atoms with E-state index in [2.05, 4.69) is 0 Å². The maximum absolute atomic E-state index is 12.4. The van der Waals surface area contributed by atoms with Crippen LogP contribution in [-0.2, 0) is 23.8 Å². The average Bonchev–Trinajstić information content (AvgIpc) is 2.57. The van der Waals surface area contributed by atoms with Gasteiger partial charge in [0, 0.05) is 0 Å². The third kappa shape index (κ3) is 8.11. The van der Waals surface area contributed by atoms with Crippen molar-refractivity contribution in [3.63, 3.8) is 0 Å². The summed E-state index contributed by atoms with van der Waals surface area (Å²) in [6, 6.07) is 8.65. The normalized spacial score (nSPS) is 14.7. The van der Waals surface area contributed by atoms with E-state index < -0.39 is 41.6 Å². The molecule has 0 spiro atoms. The predicted molar refractivity (Wildman–Crippen MR) is 106 cm³/mol. The van der Waals surface area contributed by atoms with Gasteiger partial charge >= 0.3 is 17.9 Å². The molecule has 1 aromatic rings. The Morgan fingerprint density at radius 3 is 2.00 bits per heavy atom. The maximum Gasteiger partial charge on any atom is 0.338 e. The number of ether oxygens (including phenoxy) is 3. The molecule has 0 aliphatic carbocycles. The fourth-order valence-electron chi connectivity index (χ4n) is 2.62. The predicted octanol–water partition coefficient (Wildman–Crippen LogP) is 4.17. The van der Waals surface area contributed by atoms with Crippen molar-refractivity contribution >= 4 is 17.9 Å². The highest BCUT2D eigenvalue weighted by Crippen LogP contribution is 2.19. The second-order valence-electron chi connectivity index (χ2n) is 8.31. The van der Waals surface area contributed by atoms with Crippen LogP contribution in [0.1, 0.15) is 65.2 Å². The Bertz CT molecular complexity index is 659. The molecule has 6 nitrogen and oxygen atoms in total. The highest BCUT2D eigenvalue weighted by molar-refractivity contribution is 5.89. The molecule has 0 aliphatic rings. The molecule has 0 aromatic heterocycles. The Balaban J connectivity index is 2.67. The average molecular weight is 392 g/mol. The molecule has 0 bridgehead atoms. The van der Waals surface area contributed by atoms with Crippen LogP contribution in [0.15, 0.2) is 30.3 Å². The Labute approximate surface area is 167 Å². The number of benzene rings is 1. The first kappa shape index (κ1) is 23.7. The minimum Gasteiger partial charge on any atom is -0.460 e. The van der Waals surface area contributed by atoms with E-state index in [1.54, 1.807) is 58.9 Å². The van der Waals surface area contributed by atoms with E-state index in [1.165, 1.54) is 0 Å². The lowest BCUT2D eigenvalue weighted by Crippen LogP contribution is -2.38. The highest BCUT2D eigenvalue weighted by atomic mass is 16.6. The molecule has 0 N–H and O–H groups in total. The van der Waals surface area contributed by atoms with E-state index in [0.29, 0.717) is 5.56 Å². The summed E-state index contributed by atoms with van der Waals surface area (Å²) in [7, 11) is 0. The molecule has 28 heavy (non-hydrogen) atoms. The van der Waals surface area contributed by atoms with Gasteiger partial charge in [0.2, 0.25) is 0 Å². The summed E-state index contributed by atoms with van der Waals surface area (Å²) in [5, 5.41) is 0. The zero-order valence-electron chi connectivity index (χ0n) is 17.9. The van der Waals surface area contributed by atoms with E-state index in [1.807, 2.05) is 19.9 Å². The van der Waals surface area contributed by atoms with Crippen LogP contribution in [0.5, 0.6) is 0 Å². The fourth-order valence-corrected chi connectivity index (χ4v) is 2.62. The second kappa shape index (κ2) is 10.2. The van der Waals surface area contributed by atoms with Crippen molar-refractivity contribution in [3.05, 3.63) is 35.9 Å². The standard InChI is InChI=1S/C22H32O6/c1-14(2)19(27-21(25)17-11-9-8-10-12-17)16(4)26-20(24)15(3)13-18(23)28-22(5,6)7/h8-12,14-16,19H,13H2,1-7H3/t15-,16+,19+/m1/s1. The smallest absolute Gasteiger partial charge is 0.338 e. The zero-order chi connectivity index (χ0) is 21.5. The van der Waals surface area contributed by atoms with Crippen LogP contribution < -0.4 is 0 Å². The molecular weight excluding hydrogens is 360 g/mol. The molecule has 0 heterocycles. The van der Waals surface area contributed by atoms with Gasteiger partial charge in [0.1, 0.15) is 17.8 Å². The molecule has 1 rings (SSSR count). The minimum atomic E-state index is -0.657. The van der Waals surface area contributed by atoms with Gasteiger partial charge in [0.05, 0.1) is 17.9 Å². The van der Waals surface area contributed by atoms with Crippen molar-refractivity contribution in [2.75, 3.05) is 0 Å². The third-order valence-electron chi connectivity index (χ3n) is 3.97. The molecule has 1 aromatic carbocycles. The van der Waals surface area contributed by atoms with E-state index in [4.69, 9.17) is 14.2 Å². The molecule has 0 unspecified atom stereocenters. The summed E-state index contributed by atoms with van der Waals surface area (Å²) in [5.74, 6) is -2.17. The molecule has 3 atom stereocenters. The summed E-state index contributed by atoms with van der Waals surface area (Å²) in [6.45, 7) is 12.4. The van der Waals surface area contributed by atoms with Gasteiger partial charge in [-0.05, 0) is 45.7 Å². The summed E-state index contributed by atoms with van der Waals surface area (Å²) < 4.78 is 16.3. The summed E-state index contributed by atoms with van der Waals surface area (Å²) in [4.78, 5) is 36.6. The fraction of sp³-hybridized carbons (Fsp3) is 0.591. The quantitative estimate of drug-likeness (QED) is 0.488. The highest BCUT2D eigenvalue weighted by Gasteiger charge is 2.31. The number of hydrogen-bond donors (Lipinski definition) is 0. The van der Waals surface area contributed by atoms with Gasteiger partial charge in [-0.3, -0.25) is 9.59 Å². The number of esters is 3. The van der Waals surface area contributed by atoms with Crippen molar-refractivity contribution in [2.45, 2.75) is 72.7 Å². The van der Waals surface area contributed by atoms with Gasteiger partial charge in [-0.1, -0.05) is 39.0 Å². The van der Waals surface area contributed by atoms with Crippen LogP contribution in [0.2, 0.25) is 0 Å². The Morgan fingerprint density at radius 1 is 0.929 bits per heavy atom. The summed E-state index contributed by atoms with van der Waals surface area (Å²) in [5.41, 5.74) is -0.174. The van der Waals surface area contributed by atoms with Crippen LogP contribution in [0.4, 0.5) is 0 Å². The van der Waals surface area contributed by atoms with Crippen molar-refractivity contribution in [3.8, 4) is 0 Å². The monoisotopic (exact) mass is 392 g/mol. The molecule has 156 valence electrons. The van der Waals surface area contributed by atoms with Gasteiger partial charge in [-0.25, -0.2) is 4.79 Å². The summed E-state index contributed by atoms with van der Waals surface area (Å²) >= 11 is 0. The maximum atomic E-state index is 12.4. The van der Waals surface area contributed by atoms with E-state index in [9.17, 15) is 14.4 Å². The molecule has 6 heteroatoms. The first-order valence-electron chi connectivity index (χ1n) is 9.59. The largest absolute Gasteiger partial charge is 0.460 e. The van der Waals surface area contributed by atoms with Crippen LogP contribution in [0, 0.1) is 11.8 Å². The molecule has 0 radical (unpaired) electrons. The van der Waals surface area contributed by atoms with Crippen LogP contribution in [0.3, 0.4) is 0 Å². The Hall–Kier alpha value is -2.37. The van der Waals surface area contributed by atoms with E-state index >= 15 is 0 Å². The Morgan fingerprint density at radius 2 is 1.50 bits per heavy atom. The lowest BCUT2D eigenvalue weighted by molar-refractivity contribution is -0.166. The van der Waals surface area contributed by atoms with Gasteiger partial charge in [-0.15, -0.1) is 0 Å². The zero-order valence-corrected chi connectivity index (χ0v) is 17.9. The van der Waals surface area contributed by atoms with Crippen LogP contribution in [-0.4, -0.2) is 35.7 Å². The molecule has 0 fully saturated rings. The van der Waals surface area contributed by atoms with Gasteiger partial charge in [-0.2, -0.15) is 0 Å². The van der Waals surface area contributed by atoms with Gasteiger partial charge in [0.25, 0.3) is 0 Å². The molecular formula is C22H32O6. The number of hydrogen-bond acceptors (Lipinski definition) is 6. The lowest BCUT2D eigenvalue weighted by atomic mass is 10.0. The van der Waals surface area contributed by atoms with Crippen LogP contribution >= 0.6 is 0 Å². The van der Waals surface area contributed by atoms with Gasteiger partial charge in [0.15, 0.2) is 0 Å². The summed E-state index contributed by atoms with van der Waals surface area (Å²) in [6.07, 6.45) is -1.33. The number of rotatable bonds is 8. The first-order valence-corrected chi connectivity index (χ1v) is 9.59. The first-order chi connectivity index (χ1) is 12.9. The van der Waals surface area contributed by atoms with E-state index in [0.717, 1.165) is 0 Å². The van der Waals surface area contributed by atoms with Crippen molar-refractivity contribution in [1.29, 1.82) is 0 Å². The third-order valence-corrected chi connectivity index (χ3v) is 3.97. The molecule has 0 aliphatic heterocycles. The number of carbonyl (C=O) groups excluding carboxylic acids is 3. The topological polar surface area (TPSA) is 78.9 Å². The SMILES string of the molecule is CC(C)[C@H](OC(=O)c1ccccc1)[C@H](C)OC(=O)[C@H](C)CC(=O)OC(C)(C)C. The Kier molecular flexibility index (Phi) is 8.66. The van der Waals surface area contributed by atoms with Gasteiger partial charge < -0.3 is 14.2 Å². The number of carbonyl (C=O) groups is 3. The minimum absolute atomic E-state index is 0.0587.